The van der Waals surface area contributed by atoms with Crippen LogP contribution in [0.2, 0.25) is 0 Å². The molecule has 2 N–H and O–H groups in total. The zero-order valence-electron chi connectivity index (χ0n) is 14.5. The summed E-state index contributed by atoms with van der Waals surface area (Å²) in [6, 6.07) is 5.93. The van der Waals surface area contributed by atoms with Crippen molar-refractivity contribution in [3.8, 4) is 0 Å². The fourth-order valence-electron chi connectivity index (χ4n) is 3.37. The van der Waals surface area contributed by atoms with E-state index in [-0.39, 0.29) is 0 Å². The maximum Gasteiger partial charge on any atom is 0.138 e. The molecule has 1 aliphatic rings. The first-order chi connectivity index (χ1) is 12.3. The van der Waals surface area contributed by atoms with E-state index in [0.29, 0.717) is 0 Å². The Morgan fingerprint density at radius 3 is 2.80 bits per heavy atom. The quantitative estimate of drug-likeness (QED) is 0.624. The number of nitrogens with one attached hydrogen (secondary N) is 2. The Morgan fingerprint density at radius 1 is 1.08 bits per heavy atom. The third-order valence-corrected chi connectivity index (χ3v) is 5.73. The maximum absolute atomic E-state index is 4.68. The highest BCUT2D eigenvalue weighted by Gasteiger charge is 2.21. The first-order valence-electron chi connectivity index (χ1n) is 8.99. The molecule has 25 heavy (non-hydrogen) atoms. The van der Waals surface area contributed by atoms with Gasteiger partial charge in [0.05, 0.1) is 5.39 Å². The van der Waals surface area contributed by atoms with Crippen LogP contribution in [-0.2, 0) is 12.8 Å². The van der Waals surface area contributed by atoms with Crippen LogP contribution in [0.4, 0.5) is 11.6 Å². The molecule has 0 saturated carbocycles. The highest BCUT2D eigenvalue weighted by Crippen LogP contribution is 2.39. The van der Waals surface area contributed by atoms with E-state index < -0.39 is 0 Å². The Labute approximate surface area is 151 Å². The first kappa shape index (κ1) is 16.3. The van der Waals surface area contributed by atoms with E-state index in [2.05, 4.69) is 25.6 Å². The second-order valence-electron chi connectivity index (χ2n) is 6.43. The summed E-state index contributed by atoms with van der Waals surface area (Å²) in [4.78, 5) is 16.3. The largest absolute Gasteiger partial charge is 0.370 e. The second-order valence-corrected chi connectivity index (χ2v) is 7.52. The summed E-state index contributed by atoms with van der Waals surface area (Å²) in [6.45, 7) is 3.84. The van der Waals surface area contributed by atoms with Crippen molar-refractivity contribution in [1.82, 2.24) is 15.0 Å². The molecule has 1 aliphatic carbocycles. The van der Waals surface area contributed by atoms with Gasteiger partial charge < -0.3 is 10.6 Å². The number of unbranched alkanes of at least 4 members (excludes halogenated alkanes) is 1. The lowest BCUT2D eigenvalue weighted by molar-refractivity contribution is 0.791. The second kappa shape index (κ2) is 7.35. The van der Waals surface area contributed by atoms with Crippen LogP contribution < -0.4 is 10.6 Å². The zero-order valence-corrected chi connectivity index (χ0v) is 15.3. The molecule has 0 aliphatic heterocycles. The van der Waals surface area contributed by atoms with Crippen molar-refractivity contribution in [3.05, 3.63) is 40.7 Å². The number of nitrogens with zero attached hydrogens (tertiary/aromatic N) is 3. The number of rotatable bonds is 7. The van der Waals surface area contributed by atoms with E-state index in [9.17, 15) is 0 Å². The van der Waals surface area contributed by atoms with Gasteiger partial charge in [0.1, 0.15) is 22.3 Å². The number of aryl methyl sites for hydroxylation is 3. The van der Waals surface area contributed by atoms with Crippen LogP contribution in [0.3, 0.4) is 0 Å². The highest BCUT2D eigenvalue weighted by atomic mass is 32.1. The average Bonchev–Trinajstić information content (AvgIpc) is 3.19. The number of hydrogen-bond donors (Lipinski definition) is 2. The van der Waals surface area contributed by atoms with Gasteiger partial charge in [0.2, 0.25) is 0 Å². The van der Waals surface area contributed by atoms with Gasteiger partial charge in [0.25, 0.3) is 0 Å². The molecule has 0 amide bonds. The number of anilines is 2. The van der Waals surface area contributed by atoms with Gasteiger partial charge in [-0.15, -0.1) is 11.3 Å². The molecule has 3 aromatic heterocycles. The van der Waals surface area contributed by atoms with Crippen LogP contribution in [0.15, 0.2) is 24.4 Å². The van der Waals surface area contributed by atoms with Gasteiger partial charge >= 0.3 is 0 Å². The lowest BCUT2D eigenvalue weighted by Crippen LogP contribution is -2.09. The van der Waals surface area contributed by atoms with Gasteiger partial charge in [-0.05, 0) is 56.7 Å². The number of thiophene rings is 1. The fraction of sp³-hybridized carbons (Fsp3) is 0.421. The lowest BCUT2D eigenvalue weighted by atomic mass is 10.2. The van der Waals surface area contributed by atoms with Crippen molar-refractivity contribution in [3.63, 3.8) is 0 Å². The van der Waals surface area contributed by atoms with Crippen molar-refractivity contribution in [1.29, 1.82) is 0 Å². The summed E-state index contributed by atoms with van der Waals surface area (Å²) < 4.78 is 0. The predicted molar refractivity (Wildman–Crippen MR) is 105 cm³/mol. The Bertz CT molecular complexity index is 859. The summed E-state index contributed by atoms with van der Waals surface area (Å²) in [7, 11) is 0. The van der Waals surface area contributed by atoms with Gasteiger partial charge in [0.15, 0.2) is 0 Å². The van der Waals surface area contributed by atoms with Crippen molar-refractivity contribution in [2.24, 2.45) is 0 Å². The Balaban J connectivity index is 1.34. The third-order valence-electron chi connectivity index (χ3n) is 4.54. The van der Waals surface area contributed by atoms with Crippen molar-refractivity contribution >= 4 is 33.2 Å². The SMILES string of the molecule is Cc1nc(NCCCCNc2ccccn2)c2c3c(sc2n1)CCC3. The van der Waals surface area contributed by atoms with Gasteiger partial charge in [-0.1, -0.05) is 6.07 Å². The molecule has 5 nitrogen and oxygen atoms in total. The van der Waals surface area contributed by atoms with E-state index in [1.807, 2.05) is 42.7 Å². The van der Waals surface area contributed by atoms with E-state index in [1.54, 1.807) is 0 Å². The minimum atomic E-state index is 0.853. The Morgan fingerprint density at radius 2 is 1.96 bits per heavy atom. The minimum Gasteiger partial charge on any atom is -0.370 e. The van der Waals surface area contributed by atoms with Crippen LogP contribution in [0.1, 0.15) is 35.5 Å². The van der Waals surface area contributed by atoms with Crippen molar-refractivity contribution in [2.75, 3.05) is 23.7 Å². The number of hydrogen-bond acceptors (Lipinski definition) is 6. The molecule has 130 valence electrons. The van der Waals surface area contributed by atoms with Gasteiger partial charge in [-0.3, -0.25) is 0 Å². The van der Waals surface area contributed by atoms with Gasteiger partial charge in [-0.25, -0.2) is 15.0 Å². The Hall–Kier alpha value is -2.21. The molecule has 0 aromatic carbocycles. The van der Waals surface area contributed by atoms with E-state index in [1.165, 1.54) is 35.1 Å². The van der Waals surface area contributed by atoms with Crippen LogP contribution in [-0.4, -0.2) is 28.0 Å². The van der Waals surface area contributed by atoms with Crippen molar-refractivity contribution < 1.29 is 0 Å². The molecule has 6 heteroatoms. The number of pyridine rings is 1. The van der Waals surface area contributed by atoms with Gasteiger partial charge in [-0.2, -0.15) is 0 Å². The molecule has 4 rings (SSSR count). The monoisotopic (exact) mass is 353 g/mol. The molecule has 0 unspecified atom stereocenters. The summed E-state index contributed by atoms with van der Waals surface area (Å²) in [5.41, 5.74) is 1.49. The molecule has 3 heterocycles. The third kappa shape index (κ3) is 3.58. The highest BCUT2D eigenvalue weighted by molar-refractivity contribution is 7.19. The minimum absolute atomic E-state index is 0.853. The van der Waals surface area contributed by atoms with Crippen LogP contribution in [0.5, 0.6) is 0 Å². The standard InChI is InChI=1S/C19H23N5S/c1-13-23-18(17-14-7-6-8-15(14)25-19(17)24-13)22-12-5-4-11-21-16-9-2-3-10-20-16/h2-3,9-10H,4-8,11-12H2,1H3,(H,20,21)(H,22,23,24). The molecular weight excluding hydrogens is 330 g/mol. The van der Waals surface area contributed by atoms with Crippen LogP contribution in [0.25, 0.3) is 10.2 Å². The summed E-state index contributed by atoms with van der Waals surface area (Å²) >= 11 is 1.85. The summed E-state index contributed by atoms with van der Waals surface area (Å²) in [5.74, 6) is 2.82. The lowest BCUT2D eigenvalue weighted by Gasteiger charge is -2.09. The predicted octanol–water partition coefficient (Wildman–Crippen LogP) is 4.19. The van der Waals surface area contributed by atoms with Gasteiger partial charge in [0, 0.05) is 24.2 Å². The van der Waals surface area contributed by atoms with Crippen LogP contribution >= 0.6 is 11.3 Å². The molecule has 0 atom stereocenters. The van der Waals surface area contributed by atoms with Crippen molar-refractivity contribution in [2.45, 2.75) is 39.0 Å². The smallest absolute Gasteiger partial charge is 0.138 e. The normalized spacial score (nSPS) is 13.2. The topological polar surface area (TPSA) is 62.7 Å². The van der Waals surface area contributed by atoms with Crippen LogP contribution in [0, 0.1) is 6.92 Å². The van der Waals surface area contributed by atoms with E-state index >= 15 is 0 Å². The van der Waals surface area contributed by atoms with E-state index in [0.717, 1.165) is 48.2 Å². The number of aromatic nitrogens is 3. The molecule has 0 bridgehead atoms. The average molecular weight is 353 g/mol. The Kier molecular flexibility index (Phi) is 4.78. The molecule has 0 fully saturated rings. The molecule has 0 saturated heterocycles. The number of fused-ring (bicyclic) bond motifs is 3. The molecule has 0 radical (unpaired) electrons. The fourth-order valence-corrected chi connectivity index (χ4v) is 4.68. The summed E-state index contributed by atoms with van der Waals surface area (Å²) in [5, 5.41) is 8.18. The maximum atomic E-state index is 4.68. The first-order valence-corrected chi connectivity index (χ1v) is 9.80. The molecule has 3 aromatic rings. The molecule has 0 spiro atoms. The summed E-state index contributed by atoms with van der Waals surface area (Å²) in [6.07, 6.45) is 7.64. The molecular formula is C19H23N5S. The van der Waals surface area contributed by atoms with E-state index in [4.69, 9.17) is 0 Å². The zero-order chi connectivity index (χ0) is 17.1.